The van der Waals surface area contributed by atoms with E-state index in [1.54, 1.807) is 18.2 Å². The number of nitriles is 1. The first-order chi connectivity index (χ1) is 8.31. The summed E-state index contributed by atoms with van der Waals surface area (Å²) < 4.78 is 5.00. The molecule has 0 amide bonds. The Labute approximate surface area is 109 Å². The number of benzene rings is 1. The van der Waals surface area contributed by atoms with Crippen LogP contribution in [0.15, 0.2) is 36.4 Å². The average Bonchev–Trinajstić information content (AvgIpc) is 2.28. The fourth-order valence-corrected chi connectivity index (χ4v) is 2.96. The largest absolute Gasteiger partial charge is 0.422 e. The van der Waals surface area contributed by atoms with Crippen LogP contribution in [0.3, 0.4) is 0 Å². The van der Waals surface area contributed by atoms with Gasteiger partial charge in [0.2, 0.25) is 0 Å². The molecule has 0 saturated heterocycles. The fraction of sp³-hybridized carbons (Fsp3) is 0.286. The summed E-state index contributed by atoms with van der Waals surface area (Å²) in [5, 5.41) is 8.51. The van der Waals surface area contributed by atoms with Crippen molar-refractivity contribution >= 4 is 14.0 Å². The highest BCUT2D eigenvalue weighted by Crippen LogP contribution is 2.17. The molecule has 0 atom stereocenters. The topological polar surface area (TPSA) is 50.1 Å². The van der Waals surface area contributed by atoms with Crippen LogP contribution < -0.4 is 4.74 Å². The Bertz CT molecular complexity index is 492. The predicted molar refractivity (Wildman–Crippen MR) is 73.9 cm³/mol. The van der Waals surface area contributed by atoms with Crippen molar-refractivity contribution < 1.29 is 9.53 Å². The van der Waals surface area contributed by atoms with Crippen LogP contribution in [0.2, 0.25) is 19.6 Å². The Balaban J connectivity index is 2.70. The van der Waals surface area contributed by atoms with Gasteiger partial charge in [0, 0.05) is 8.07 Å². The normalized spacial score (nSPS) is 10.6. The van der Waals surface area contributed by atoms with Crippen LogP contribution in [0.4, 0.5) is 0 Å². The molecule has 0 aliphatic rings. The molecule has 0 fully saturated rings. The van der Waals surface area contributed by atoms with Crippen LogP contribution in [0, 0.1) is 11.3 Å². The molecule has 1 aromatic carbocycles. The van der Waals surface area contributed by atoms with E-state index in [0.717, 1.165) is 6.04 Å². The molecule has 0 radical (unpaired) electrons. The maximum Gasteiger partial charge on any atom is 0.353 e. The van der Waals surface area contributed by atoms with Crippen LogP contribution in [0.25, 0.3) is 0 Å². The number of hydrogen-bond acceptors (Lipinski definition) is 3. The number of carbonyl (C=O) groups is 1. The van der Waals surface area contributed by atoms with Crippen LogP contribution in [0.1, 0.15) is 5.56 Å². The molecule has 4 heteroatoms. The van der Waals surface area contributed by atoms with Gasteiger partial charge in [-0.1, -0.05) is 43.9 Å². The highest BCUT2D eigenvalue weighted by atomic mass is 28.3. The van der Waals surface area contributed by atoms with Crippen molar-refractivity contribution in [2.75, 3.05) is 0 Å². The third-order valence-corrected chi connectivity index (χ3v) is 3.72. The highest BCUT2D eigenvalue weighted by molar-refractivity contribution is 6.75. The van der Waals surface area contributed by atoms with E-state index in [4.69, 9.17) is 10.00 Å². The van der Waals surface area contributed by atoms with Gasteiger partial charge in [-0.15, -0.1) is 0 Å². The first-order valence-corrected chi connectivity index (χ1v) is 9.43. The third-order valence-electron chi connectivity index (χ3n) is 2.25. The quantitative estimate of drug-likeness (QED) is 0.274. The molecule has 0 aromatic heterocycles. The molecule has 94 valence electrons. The van der Waals surface area contributed by atoms with E-state index < -0.39 is 14.0 Å². The van der Waals surface area contributed by atoms with E-state index >= 15 is 0 Å². The van der Waals surface area contributed by atoms with Gasteiger partial charge in [-0.3, -0.25) is 0 Å². The summed E-state index contributed by atoms with van der Waals surface area (Å²) in [6.45, 7) is 10.2. The van der Waals surface area contributed by atoms with Crippen molar-refractivity contribution in [2.45, 2.75) is 25.7 Å². The van der Waals surface area contributed by atoms with Gasteiger partial charge in [-0.05, 0) is 18.2 Å². The highest BCUT2D eigenvalue weighted by Gasteiger charge is 2.14. The lowest BCUT2D eigenvalue weighted by Gasteiger charge is -2.15. The SMILES string of the molecule is C=C(C#N)C(=O)Oc1ccc(C[Si](C)(C)C)cc1. The molecule has 3 nitrogen and oxygen atoms in total. The van der Waals surface area contributed by atoms with E-state index in [-0.39, 0.29) is 5.57 Å². The number of nitrogens with zero attached hydrogens (tertiary/aromatic N) is 1. The van der Waals surface area contributed by atoms with E-state index in [0.29, 0.717) is 5.75 Å². The molecule has 1 aromatic rings. The van der Waals surface area contributed by atoms with Crippen molar-refractivity contribution in [1.29, 1.82) is 5.26 Å². The van der Waals surface area contributed by atoms with Gasteiger partial charge in [0.1, 0.15) is 17.4 Å². The van der Waals surface area contributed by atoms with Gasteiger partial charge in [0.05, 0.1) is 0 Å². The van der Waals surface area contributed by atoms with Gasteiger partial charge in [-0.25, -0.2) is 4.79 Å². The van der Waals surface area contributed by atoms with Crippen molar-refractivity contribution in [3.63, 3.8) is 0 Å². The summed E-state index contributed by atoms with van der Waals surface area (Å²) >= 11 is 0. The predicted octanol–water partition coefficient (Wildman–Crippen LogP) is 3.09. The van der Waals surface area contributed by atoms with Crippen molar-refractivity contribution in [2.24, 2.45) is 0 Å². The van der Waals surface area contributed by atoms with Crippen molar-refractivity contribution in [1.82, 2.24) is 0 Å². The fourth-order valence-electron chi connectivity index (χ4n) is 1.50. The second-order valence-electron chi connectivity index (χ2n) is 5.36. The van der Waals surface area contributed by atoms with Gasteiger partial charge >= 0.3 is 5.97 Å². The van der Waals surface area contributed by atoms with Crippen LogP contribution >= 0.6 is 0 Å². The molecule has 0 heterocycles. The molecule has 0 unspecified atom stereocenters. The zero-order chi connectivity index (χ0) is 13.8. The molecule has 0 aliphatic carbocycles. The second-order valence-corrected chi connectivity index (χ2v) is 10.8. The Kier molecular flexibility index (Phi) is 4.46. The average molecular weight is 259 g/mol. The van der Waals surface area contributed by atoms with Crippen LogP contribution in [0.5, 0.6) is 5.75 Å². The Morgan fingerprint density at radius 1 is 1.33 bits per heavy atom. The van der Waals surface area contributed by atoms with Crippen molar-refractivity contribution in [3.8, 4) is 11.8 Å². The maximum absolute atomic E-state index is 11.3. The van der Waals surface area contributed by atoms with Gasteiger partial charge in [-0.2, -0.15) is 5.26 Å². The number of esters is 1. The first-order valence-electron chi connectivity index (χ1n) is 5.72. The molecule has 18 heavy (non-hydrogen) atoms. The molecular weight excluding hydrogens is 242 g/mol. The van der Waals surface area contributed by atoms with E-state index in [2.05, 4.69) is 26.2 Å². The van der Waals surface area contributed by atoms with Crippen molar-refractivity contribution in [3.05, 3.63) is 42.0 Å². The standard InChI is InChI=1S/C14H17NO2Si/c1-11(9-15)14(16)17-13-7-5-12(6-8-13)10-18(2,3)4/h5-8H,1,10H2,2-4H3. The Morgan fingerprint density at radius 2 is 1.89 bits per heavy atom. The minimum Gasteiger partial charge on any atom is -0.422 e. The first kappa shape index (κ1) is 14.2. The summed E-state index contributed by atoms with van der Waals surface area (Å²) in [6.07, 6.45) is 0. The third kappa shape index (κ3) is 4.56. The molecular formula is C14H17NO2Si. The molecule has 0 bridgehead atoms. The van der Waals surface area contributed by atoms with E-state index in [1.807, 2.05) is 12.1 Å². The molecule has 0 saturated carbocycles. The number of ether oxygens (including phenoxy) is 1. The van der Waals surface area contributed by atoms with E-state index in [1.165, 1.54) is 5.56 Å². The monoisotopic (exact) mass is 259 g/mol. The molecule has 0 spiro atoms. The number of carbonyl (C=O) groups excluding carboxylic acids is 1. The molecule has 0 N–H and O–H groups in total. The van der Waals surface area contributed by atoms with Gasteiger partial charge in [0.15, 0.2) is 0 Å². The van der Waals surface area contributed by atoms with E-state index in [9.17, 15) is 4.79 Å². The lowest BCUT2D eigenvalue weighted by molar-refractivity contribution is -0.129. The smallest absolute Gasteiger partial charge is 0.353 e. The Hall–Kier alpha value is -1.86. The molecule has 0 aliphatic heterocycles. The summed E-state index contributed by atoms with van der Waals surface area (Å²) in [7, 11) is -1.14. The van der Waals surface area contributed by atoms with Gasteiger partial charge in [0.25, 0.3) is 0 Å². The maximum atomic E-state index is 11.3. The summed E-state index contributed by atoms with van der Waals surface area (Å²) in [5.41, 5.74) is 1.05. The summed E-state index contributed by atoms with van der Waals surface area (Å²) in [6, 6.07) is 10.2. The zero-order valence-electron chi connectivity index (χ0n) is 11.0. The zero-order valence-corrected chi connectivity index (χ0v) is 12.0. The van der Waals surface area contributed by atoms with Crippen LogP contribution in [-0.2, 0) is 10.8 Å². The lowest BCUT2D eigenvalue weighted by Crippen LogP contribution is -2.23. The summed E-state index contributed by atoms with van der Waals surface area (Å²) in [5.74, 6) is -0.258. The molecule has 1 rings (SSSR count). The Morgan fingerprint density at radius 3 is 2.33 bits per heavy atom. The van der Waals surface area contributed by atoms with Crippen LogP contribution in [-0.4, -0.2) is 14.0 Å². The number of rotatable bonds is 4. The summed E-state index contributed by atoms with van der Waals surface area (Å²) in [4.78, 5) is 11.3. The lowest BCUT2D eigenvalue weighted by atomic mass is 10.2. The minimum absolute atomic E-state index is 0.193. The number of hydrogen-bond donors (Lipinski definition) is 0. The minimum atomic E-state index is -1.14. The van der Waals surface area contributed by atoms with Gasteiger partial charge < -0.3 is 4.74 Å². The second kappa shape index (κ2) is 5.65.